The molecule has 0 heterocycles. The van der Waals surface area contributed by atoms with Gasteiger partial charge < -0.3 is 10.6 Å². The predicted molar refractivity (Wildman–Crippen MR) is 81.5 cm³/mol. The van der Waals surface area contributed by atoms with Crippen LogP contribution in [0.4, 0.5) is 5.69 Å². The van der Waals surface area contributed by atoms with Crippen LogP contribution in [0.2, 0.25) is 0 Å². The summed E-state index contributed by atoms with van der Waals surface area (Å²) in [5, 5.41) is 15.1. The molecule has 0 aliphatic heterocycles. The SMILES string of the molecule is CCC(CC)NC(=O)C(C)Nc1cc(C#N)ccc1C. The third-order valence-corrected chi connectivity index (χ3v) is 3.46. The molecule has 0 aliphatic carbocycles. The Kier molecular flexibility index (Phi) is 6.05. The van der Waals surface area contributed by atoms with E-state index in [9.17, 15) is 4.79 Å². The first kappa shape index (κ1) is 16.0. The van der Waals surface area contributed by atoms with Gasteiger partial charge in [-0.15, -0.1) is 0 Å². The van der Waals surface area contributed by atoms with Gasteiger partial charge in [-0.25, -0.2) is 0 Å². The molecular weight excluding hydrogens is 250 g/mol. The summed E-state index contributed by atoms with van der Waals surface area (Å²) in [5.41, 5.74) is 2.44. The van der Waals surface area contributed by atoms with Crippen LogP contribution in [0.3, 0.4) is 0 Å². The number of carbonyl (C=O) groups is 1. The first-order valence-electron chi connectivity index (χ1n) is 7.09. The molecule has 0 bridgehead atoms. The molecule has 0 aliphatic rings. The maximum Gasteiger partial charge on any atom is 0.242 e. The summed E-state index contributed by atoms with van der Waals surface area (Å²) in [6.45, 7) is 7.91. The molecule has 0 fully saturated rings. The quantitative estimate of drug-likeness (QED) is 0.837. The number of nitrogens with one attached hydrogen (secondary N) is 2. The van der Waals surface area contributed by atoms with Crippen LogP contribution in [0.15, 0.2) is 18.2 Å². The Hall–Kier alpha value is -2.02. The summed E-state index contributed by atoms with van der Waals surface area (Å²) < 4.78 is 0. The molecule has 1 atom stereocenters. The van der Waals surface area contributed by atoms with Gasteiger partial charge in [0.05, 0.1) is 11.6 Å². The van der Waals surface area contributed by atoms with Gasteiger partial charge in [-0.3, -0.25) is 4.79 Å². The van der Waals surface area contributed by atoms with Crippen LogP contribution >= 0.6 is 0 Å². The molecule has 0 radical (unpaired) electrons. The smallest absolute Gasteiger partial charge is 0.242 e. The van der Waals surface area contributed by atoms with Gasteiger partial charge in [0, 0.05) is 11.7 Å². The summed E-state index contributed by atoms with van der Waals surface area (Å²) in [6.07, 6.45) is 1.86. The third-order valence-electron chi connectivity index (χ3n) is 3.46. The molecule has 20 heavy (non-hydrogen) atoms. The minimum atomic E-state index is -0.330. The van der Waals surface area contributed by atoms with E-state index < -0.39 is 0 Å². The van der Waals surface area contributed by atoms with E-state index in [1.165, 1.54) is 0 Å². The van der Waals surface area contributed by atoms with E-state index in [2.05, 4.69) is 30.6 Å². The summed E-state index contributed by atoms with van der Waals surface area (Å²) >= 11 is 0. The van der Waals surface area contributed by atoms with Crippen molar-refractivity contribution in [3.63, 3.8) is 0 Å². The van der Waals surface area contributed by atoms with E-state index in [-0.39, 0.29) is 18.0 Å². The Balaban J connectivity index is 2.73. The fourth-order valence-electron chi connectivity index (χ4n) is 1.96. The average molecular weight is 273 g/mol. The van der Waals surface area contributed by atoms with Crippen LogP contribution in [0.5, 0.6) is 0 Å². The minimum Gasteiger partial charge on any atom is -0.374 e. The topological polar surface area (TPSA) is 64.9 Å². The highest BCUT2D eigenvalue weighted by Gasteiger charge is 2.16. The van der Waals surface area contributed by atoms with Gasteiger partial charge >= 0.3 is 0 Å². The Labute approximate surface area is 121 Å². The van der Waals surface area contributed by atoms with Crippen LogP contribution in [0, 0.1) is 18.3 Å². The number of hydrogen-bond donors (Lipinski definition) is 2. The maximum absolute atomic E-state index is 12.1. The normalized spacial score (nSPS) is 11.8. The number of amides is 1. The molecule has 1 unspecified atom stereocenters. The Morgan fingerprint density at radius 2 is 2.00 bits per heavy atom. The number of hydrogen-bond acceptors (Lipinski definition) is 3. The molecule has 1 rings (SSSR count). The van der Waals surface area contributed by atoms with Crippen LogP contribution in [-0.4, -0.2) is 18.0 Å². The third kappa shape index (κ3) is 4.27. The average Bonchev–Trinajstić information content (AvgIpc) is 2.46. The van der Waals surface area contributed by atoms with Gasteiger partial charge in [-0.2, -0.15) is 5.26 Å². The van der Waals surface area contributed by atoms with E-state index in [0.29, 0.717) is 5.56 Å². The standard InChI is InChI=1S/C16H23N3O/c1-5-14(6-2)19-16(20)12(4)18-15-9-13(10-17)8-7-11(15)3/h7-9,12,14,18H,5-6H2,1-4H3,(H,19,20). The Bertz CT molecular complexity index is 501. The number of aryl methyl sites for hydroxylation is 1. The highest BCUT2D eigenvalue weighted by Crippen LogP contribution is 2.17. The molecule has 4 heteroatoms. The van der Waals surface area contributed by atoms with E-state index >= 15 is 0 Å². The van der Waals surface area contributed by atoms with Crippen molar-refractivity contribution in [2.45, 2.75) is 52.6 Å². The van der Waals surface area contributed by atoms with E-state index in [0.717, 1.165) is 24.1 Å². The molecule has 1 aromatic rings. The van der Waals surface area contributed by atoms with Crippen LogP contribution < -0.4 is 10.6 Å². The number of anilines is 1. The van der Waals surface area contributed by atoms with Crippen molar-refractivity contribution in [1.29, 1.82) is 5.26 Å². The number of benzene rings is 1. The highest BCUT2D eigenvalue weighted by molar-refractivity contribution is 5.84. The lowest BCUT2D eigenvalue weighted by atomic mass is 10.1. The molecule has 0 spiro atoms. The van der Waals surface area contributed by atoms with Crippen molar-refractivity contribution in [2.24, 2.45) is 0 Å². The Morgan fingerprint density at radius 1 is 1.35 bits per heavy atom. The van der Waals surface area contributed by atoms with Crippen LogP contribution in [0.25, 0.3) is 0 Å². The van der Waals surface area contributed by atoms with E-state index in [4.69, 9.17) is 5.26 Å². The first-order valence-corrected chi connectivity index (χ1v) is 7.09. The summed E-state index contributed by atoms with van der Waals surface area (Å²) in [4.78, 5) is 12.1. The molecule has 0 saturated carbocycles. The van der Waals surface area contributed by atoms with Crippen molar-refractivity contribution in [3.8, 4) is 6.07 Å². The molecule has 4 nitrogen and oxygen atoms in total. The fourth-order valence-corrected chi connectivity index (χ4v) is 1.96. The van der Waals surface area contributed by atoms with Gasteiger partial charge in [0.2, 0.25) is 5.91 Å². The molecule has 0 saturated heterocycles. The lowest BCUT2D eigenvalue weighted by Crippen LogP contribution is -2.42. The van der Waals surface area contributed by atoms with Crippen molar-refractivity contribution in [2.75, 3.05) is 5.32 Å². The second-order valence-corrected chi connectivity index (χ2v) is 5.03. The second kappa shape index (κ2) is 7.54. The Morgan fingerprint density at radius 3 is 2.55 bits per heavy atom. The fraction of sp³-hybridized carbons (Fsp3) is 0.500. The lowest BCUT2D eigenvalue weighted by Gasteiger charge is -2.21. The lowest BCUT2D eigenvalue weighted by molar-refractivity contribution is -0.122. The zero-order chi connectivity index (χ0) is 15.1. The molecule has 2 N–H and O–H groups in total. The predicted octanol–water partition coefficient (Wildman–Crippen LogP) is 2.97. The summed E-state index contributed by atoms with van der Waals surface area (Å²) in [5.74, 6) is -0.0135. The monoisotopic (exact) mass is 273 g/mol. The van der Waals surface area contributed by atoms with Gasteiger partial charge in [0.1, 0.15) is 6.04 Å². The number of nitriles is 1. The van der Waals surface area contributed by atoms with E-state index in [1.807, 2.05) is 19.9 Å². The zero-order valence-electron chi connectivity index (χ0n) is 12.7. The maximum atomic E-state index is 12.1. The number of rotatable bonds is 6. The van der Waals surface area contributed by atoms with Crippen molar-refractivity contribution in [3.05, 3.63) is 29.3 Å². The number of nitrogens with zero attached hydrogens (tertiary/aromatic N) is 1. The van der Waals surface area contributed by atoms with Gasteiger partial charge in [0.25, 0.3) is 0 Å². The van der Waals surface area contributed by atoms with Gasteiger partial charge in [-0.1, -0.05) is 19.9 Å². The molecule has 108 valence electrons. The largest absolute Gasteiger partial charge is 0.374 e. The van der Waals surface area contributed by atoms with Crippen molar-refractivity contribution in [1.82, 2.24) is 5.32 Å². The molecular formula is C16H23N3O. The summed E-state index contributed by atoms with van der Waals surface area (Å²) in [7, 11) is 0. The highest BCUT2D eigenvalue weighted by atomic mass is 16.2. The van der Waals surface area contributed by atoms with Gasteiger partial charge in [-0.05, 0) is 44.4 Å². The molecule has 1 aromatic carbocycles. The van der Waals surface area contributed by atoms with Crippen molar-refractivity contribution >= 4 is 11.6 Å². The second-order valence-electron chi connectivity index (χ2n) is 5.03. The van der Waals surface area contributed by atoms with Crippen LogP contribution in [0.1, 0.15) is 44.7 Å². The summed E-state index contributed by atoms with van der Waals surface area (Å²) in [6, 6.07) is 7.43. The number of carbonyl (C=O) groups excluding carboxylic acids is 1. The van der Waals surface area contributed by atoms with Crippen molar-refractivity contribution < 1.29 is 4.79 Å². The molecule has 0 aromatic heterocycles. The first-order chi connectivity index (χ1) is 9.51. The zero-order valence-corrected chi connectivity index (χ0v) is 12.7. The minimum absolute atomic E-state index is 0.0135. The van der Waals surface area contributed by atoms with Crippen LogP contribution in [-0.2, 0) is 4.79 Å². The molecule has 1 amide bonds. The van der Waals surface area contributed by atoms with E-state index in [1.54, 1.807) is 12.1 Å². The van der Waals surface area contributed by atoms with Gasteiger partial charge in [0.15, 0.2) is 0 Å².